The molecular formula is C98H128S7. The van der Waals surface area contributed by atoms with Crippen molar-refractivity contribution in [1.82, 2.24) is 0 Å². The van der Waals surface area contributed by atoms with Crippen LogP contribution in [-0.4, -0.2) is 0 Å². The molecule has 0 aromatic carbocycles. The zero-order valence-electron chi connectivity index (χ0n) is 67.7. The van der Waals surface area contributed by atoms with Crippen LogP contribution in [0.1, 0.15) is 355 Å². The van der Waals surface area contributed by atoms with Crippen molar-refractivity contribution in [3.63, 3.8) is 0 Å². The molecule has 0 unspecified atom stereocenters. The van der Waals surface area contributed by atoms with Gasteiger partial charge in [0.15, 0.2) is 0 Å². The van der Waals surface area contributed by atoms with Crippen molar-refractivity contribution in [2.45, 2.75) is 367 Å². The van der Waals surface area contributed by atoms with E-state index in [1.54, 1.807) is 0 Å². The van der Waals surface area contributed by atoms with Crippen LogP contribution in [0.2, 0.25) is 0 Å². The summed E-state index contributed by atoms with van der Waals surface area (Å²) >= 11 is 13.4. The molecule has 8 aromatic heterocycles. The van der Waals surface area contributed by atoms with Crippen LogP contribution in [-0.2, 0) is 89.9 Å². The molecule has 0 saturated carbocycles. The SMILES string of the molecule is CCCCc1c(CCCC)c2c#cc3sc(c#cc4sc(c#cc5sc(ccc6sc(c#cc7sc(c#cc8sc(c#cc1s2)c(CCCC)c8CCCC)c(CCCC)c7CCCC)c(CCCC)c6CCCC)c(CCCC)c5CCCC)c(CCCC)c4CCCC)c(CCCC)c3CCCC. The molecule has 105 heavy (non-hydrogen) atoms. The van der Waals surface area contributed by atoms with E-state index in [1.807, 2.05) is 79.4 Å². The quantitative estimate of drug-likeness (QED) is 0.0358. The molecule has 8 rings (SSSR count). The van der Waals surface area contributed by atoms with Crippen molar-refractivity contribution in [1.29, 1.82) is 0 Å². The number of rotatable bonds is 42. The van der Waals surface area contributed by atoms with Crippen molar-refractivity contribution in [2.24, 2.45) is 0 Å². The largest absolute Gasteiger partial charge is 0.127 e. The predicted octanol–water partition coefficient (Wildman–Crippen LogP) is 32.8. The molecule has 8 aromatic rings. The van der Waals surface area contributed by atoms with Gasteiger partial charge in [0.05, 0.1) is 56.4 Å². The standard InChI is InChI=1S/C98H128S7/c1-15-29-43-71-72(44-30-16-2)86-59-60-88-75(47-33-19-5)76(48-34-20-6)90(101-88)63-64-92-79(51-37-23-9)80(52-38-24-10)94(103-92)67-68-96-83(55-41-27-13)84(56-42-28-14)98(105-96)70-69-97-82(54-40-26-12)81(53-39-25-11)95(104-97)66-65-93-78(50-36-22-8)77(49-35-21-7)91(102-93)62-61-89-74(46-32-18-4)73(45-31-17-3)87(100-89)58-57-85(71)99-86/h57-58H,15-56H2,1-14H3. The molecule has 562 valence electrons. The van der Waals surface area contributed by atoms with Gasteiger partial charge < -0.3 is 0 Å². The highest BCUT2D eigenvalue weighted by Crippen LogP contribution is 2.40. The Kier molecular flexibility index (Phi) is 38.4. The fourth-order valence-corrected chi connectivity index (χ4v) is 22.4. The minimum atomic E-state index is 1.04. The van der Waals surface area contributed by atoms with Gasteiger partial charge >= 0.3 is 0 Å². The van der Waals surface area contributed by atoms with E-state index in [-0.39, 0.29) is 0 Å². The van der Waals surface area contributed by atoms with Gasteiger partial charge in [-0.15, -0.1) is 79.4 Å². The fourth-order valence-electron chi connectivity index (χ4n) is 14.5. The molecule has 0 saturated heterocycles. The summed E-state index contributed by atoms with van der Waals surface area (Å²) in [5.41, 5.74) is 20.6. The number of thiophene rings is 7. The lowest BCUT2D eigenvalue weighted by Crippen LogP contribution is -1.92. The van der Waals surface area contributed by atoms with Gasteiger partial charge in [0.2, 0.25) is 0 Å². The molecule has 8 heterocycles. The normalized spacial score (nSPS) is 11.1. The lowest BCUT2D eigenvalue weighted by Gasteiger charge is -2.04. The van der Waals surface area contributed by atoms with Crippen LogP contribution in [0, 0.1) is 72.8 Å². The molecule has 0 fully saturated rings. The van der Waals surface area contributed by atoms with Crippen molar-refractivity contribution in [3.05, 3.63) is 163 Å². The third-order valence-electron chi connectivity index (χ3n) is 20.9. The van der Waals surface area contributed by atoms with Gasteiger partial charge in [-0.05, 0) is 343 Å². The summed E-state index contributed by atoms with van der Waals surface area (Å²) in [6, 6.07) is 53.0. The number of unbranched alkanes of at least 4 members (excludes halogenated alkanes) is 14. The summed E-state index contributed by atoms with van der Waals surface area (Å²) in [5.74, 6) is 0. The van der Waals surface area contributed by atoms with Crippen LogP contribution < -0.4 is 0 Å². The van der Waals surface area contributed by atoms with Gasteiger partial charge in [-0.1, -0.05) is 187 Å². The van der Waals surface area contributed by atoms with E-state index in [0.717, 1.165) is 231 Å². The highest BCUT2D eigenvalue weighted by Gasteiger charge is 2.20. The number of aryl methyl sites for hydroxylation is 14. The Morgan fingerprint density at radius 2 is 0.257 bits per heavy atom. The van der Waals surface area contributed by atoms with Gasteiger partial charge in [0.25, 0.3) is 0 Å². The van der Waals surface area contributed by atoms with Gasteiger partial charge in [-0.25, -0.2) is 0 Å². The van der Waals surface area contributed by atoms with E-state index in [9.17, 15) is 0 Å². The van der Waals surface area contributed by atoms with Crippen molar-refractivity contribution in [2.75, 3.05) is 0 Å². The van der Waals surface area contributed by atoms with E-state index >= 15 is 0 Å². The molecule has 0 radical (unpaired) electrons. The number of hydrogen-bond donors (Lipinski definition) is 0. The first-order valence-corrected chi connectivity index (χ1v) is 48.1. The summed E-state index contributed by atoms with van der Waals surface area (Å²) < 4.78 is 17.6. The minimum Gasteiger partial charge on any atom is -0.127 e. The van der Waals surface area contributed by atoms with Gasteiger partial charge in [-0.3, -0.25) is 0 Å². The predicted molar refractivity (Wildman–Crippen MR) is 478 cm³/mol. The van der Waals surface area contributed by atoms with Crippen LogP contribution >= 0.6 is 79.4 Å². The minimum absolute atomic E-state index is 1.04. The fraction of sp³-hybridized carbons (Fsp3) is 0.571. The van der Waals surface area contributed by atoms with Crippen LogP contribution in [0.5, 0.6) is 0 Å². The lowest BCUT2D eigenvalue weighted by atomic mass is 9.99. The third-order valence-corrected chi connectivity index (χ3v) is 28.8. The van der Waals surface area contributed by atoms with Crippen LogP contribution in [0.15, 0.2) is 12.1 Å². The van der Waals surface area contributed by atoms with E-state index in [0.29, 0.717) is 0 Å². The molecule has 0 atom stereocenters. The Balaban J connectivity index is 1.60. The average Bonchev–Trinajstić information content (AvgIpc) is 1.65. The molecule has 0 aliphatic rings. The van der Waals surface area contributed by atoms with Crippen molar-refractivity contribution >= 4 is 145 Å². The zero-order chi connectivity index (χ0) is 74.7. The second-order valence-corrected chi connectivity index (χ2v) is 36.6. The van der Waals surface area contributed by atoms with Crippen LogP contribution in [0.25, 0.3) is 65.8 Å². The zero-order valence-corrected chi connectivity index (χ0v) is 73.4. The smallest absolute Gasteiger partial charge is 0.0820 e. The highest BCUT2D eigenvalue weighted by atomic mass is 32.1. The molecule has 0 N–H and O–H groups in total. The van der Waals surface area contributed by atoms with Gasteiger partial charge in [-0.2, -0.15) is 0 Å². The Hall–Kier alpha value is -5.00. The Morgan fingerprint density at radius 1 is 0.152 bits per heavy atom. The Labute approximate surface area is 668 Å². The maximum atomic E-state index is 4.02. The lowest BCUT2D eigenvalue weighted by molar-refractivity contribution is 0.767. The van der Waals surface area contributed by atoms with E-state index < -0.39 is 0 Å². The second kappa shape index (κ2) is 47.2. The van der Waals surface area contributed by atoms with Gasteiger partial charge in [0.1, 0.15) is 0 Å². The first-order chi connectivity index (χ1) is 51.5. The van der Waals surface area contributed by atoms with E-state index in [4.69, 9.17) is 0 Å². The van der Waals surface area contributed by atoms with E-state index in [1.165, 1.54) is 182 Å². The second-order valence-electron chi connectivity index (χ2n) is 29.4. The Morgan fingerprint density at radius 3 is 0.381 bits per heavy atom. The molecule has 0 nitrogen and oxygen atoms in total. The molecule has 0 aliphatic heterocycles. The maximum absolute atomic E-state index is 4.02. The molecule has 0 spiro atoms. The summed E-state index contributed by atoms with van der Waals surface area (Å²) in [4.78, 5) is 0. The highest BCUT2D eigenvalue weighted by molar-refractivity contribution is 7.26. The van der Waals surface area contributed by atoms with Crippen molar-refractivity contribution < 1.29 is 0 Å². The molecule has 0 amide bonds. The number of hydrogen-bond acceptors (Lipinski definition) is 7. The maximum Gasteiger partial charge on any atom is 0.0820 e. The summed E-state index contributed by atoms with van der Waals surface area (Å²) in [7, 11) is 0. The average molecular weight is 1530 g/mol. The molecule has 7 heteroatoms. The Bertz CT molecular complexity index is 3320. The summed E-state index contributed by atoms with van der Waals surface area (Å²) in [6.45, 7) is 32.8. The molecular weight excluding hydrogens is 1400 g/mol. The summed E-state index contributed by atoms with van der Waals surface area (Å²) in [5, 5.41) is 0. The molecule has 14 bridgehead atoms. The third kappa shape index (κ3) is 23.8. The topological polar surface area (TPSA) is 0 Å². The van der Waals surface area contributed by atoms with Crippen molar-refractivity contribution in [3.8, 4) is 0 Å². The molecule has 0 aliphatic carbocycles. The number of fused-ring (bicyclic) bond motifs is 14. The van der Waals surface area contributed by atoms with Crippen LogP contribution in [0.3, 0.4) is 0 Å². The van der Waals surface area contributed by atoms with E-state index in [2.05, 4.69) is 182 Å². The van der Waals surface area contributed by atoms with Gasteiger partial charge in [0, 0.05) is 9.40 Å². The monoisotopic (exact) mass is 1530 g/mol. The van der Waals surface area contributed by atoms with Crippen LogP contribution in [0.4, 0.5) is 0 Å². The summed E-state index contributed by atoms with van der Waals surface area (Å²) in [6.07, 6.45) is 47.0. The first kappa shape index (κ1) is 85.6. The first-order valence-electron chi connectivity index (χ1n) is 42.4.